The lowest BCUT2D eigenvalue weighted by molar-refractivity contribution is -0.204. The molecular formula is C26H28O6. The highest BCUT2D eigenvalue weighted by atomic mass is 16.6. The van der Waals surface area contributed by atoms with E-state index >= 15 is 0 Å². The molecule has 0 aliphatic carbocycles. The SMILES string of the molecule is COc1cc([C@H]2C[C@@H](OC(C)=O)[C@H](OCc3ccccc3)C(C)O2)c(O)c2ccccc12. The van der Waals surface area contributed by atoms with E-state index < -0.39 is 18.3 Å². The number of benzene rings is 3. The monoisotopic (exact) mass is 436 g/mol. The van der Waals surface area contributed by atoms with Crippen LogP contribution >= 0.6 is 0 Å². The molecule has 0 bridgehead atoms. The number of fused-ring (bicyclic) bond motifs is 1. The second-order valence-corrected chi connectivity index (χ2v) is 8.04. The molecule has 32 heavy (non-hydrogen) atoms. The predicted molar refractivity (Wildman–Crippen MR) is 121 cm³/mol. The molecule has 1 aliphatic rings. The summed E-state index contributed by atoms with van der Waals surface area (Å²) < 4.78 is 23.6. The quantitative estimate of drug-likeness (QED) is 0.553. The predicted octanol–water partition coefficient (Wildman–Crippen LogP) is 4.92. The molecule has 1 heterocycles. The van der Waals surface area contributed by atoms with Gasteiger partial charge in [-0.25, -0.2) is 0 Å². The Balaban J connectivity index is 1.62. The van der Waals surface area contributed by atoms with Gasteiger partial charge in [-0.05, 0) is 18.6 Å². The second kappa shape index (κ2) is 9.59. The van der Waals surface area contributed by atoms with E-state index in [1.165, 1.54) is 6.92 Å². The van der Waals surface area contributed by atoms with Crippen LogP contribution in [0.25, 0.3) is 10.8 Å². The van der Waals surface area contributed by atoms with Gasteiger partial charge in [-0.2, -0.15) is 0 Å². The summed E-state index contributed by atoms with van der Waals surface area (Å²) in [5, 5.41) is 12.5. The number of rotatable bonds is 6. The lowest BCUT2D eigenvalue weighted by Gasteiger charge is -2.40. The fourth-order valence-corrected chi connectivity index (χ4v) is 4.34. The maximum atomic E-state index is 11.8. The third-order valence-electron chi connectivity index (χ3n) is 5.83. The van der Waals surface area contributed by atoms with Crippen molar-refractivity contribution in [1.29, 1.82) is 0 Å². The molecule has 1 unspecified atom stereocenters. The van der Waals surface area contributed by atoms with E-state index in [1.807, 2.05) is 61.5 Å². The van der Waals surface area contributed by atoms with Gasteiger partial charge in [0.1, 0.15) is 23.7 Å². The molecule has 4 atom stereocenters. The summed E-state index contributed by atoms with van der Waals surface area (Å²) in [6.45, 7) is 3.67. The van der Waals surface area contributed by atoms with Crippen LogP contribution in [0.4, 0.5) is 0 Å². The molecule has 6 nitrogen and oxygen atoms in total. The Morgan fingerprint density at radius 2 is 1.78 bits per heavy atom. The third-order valence-corrected chi connectivity index (χ3v) is 5.83. The summed E-state index contributed by atoms with van der Waals surface area (Å²) in [7, 11) is 1.60. The van der Waals surface area contributed by atoms with Crippen LogP contribution in [0.3, 0.4) is 0 Å². The summed E-state index contributed by atoms with van der Waals surface area (Å²) >= 11 is 0. The largest absolute Gasteiger partial charge is 0.507 e. The van der Waals surface area contributed by atoms with E-state index in [4.69, 9.17) is 18.9 Å². The van der Waals surface area contributed by atoms with E-state index in [1.54, 1.807) is 13.2 Å². The molecule has 0 aromatic heterocycles. The average molecular weight is 437 g/mol. The number of carbonyl (C=O) groups is 1. The molecule has 1 aliphatic heterocycles. The zero-order valence-electron chi connectivity index (χ0n) is 18.5. The van der Waals surface area contributed by atoms with E-state index in [0.717, 1.165) is 10.9 Å². The number of hydrogen-bond acceptors (Lipinski definition) is 6. The number of phenolic OH excluding ortho intramolecular Hbond substituents is 1. The Bertz CT molecular complexity index is 1080. The van der Waals surface area contributed by atoms with E-state index in [-0.39, 0.29) is 17.8 Å². The Labute approximate surface area is 187 Å². The molecule has 0 saturated carbocycles. The van der Waals surface area contributed by atoms with Crippen molar-refractivity contribution in [3.8, 4) is 11.5 Å². The Hall–Kier alpha value is -3.09. The van der Waals surface area contributed by atoms with Crippen LogP contribution in [0.2, 0.25) is 0 Å². The maximum Gasteiger partial charge on any atom is 0.302 e. The molecule has 1 saturated heterocycles. The third kappa shape index (κ3) is 4.56. The van der Waals surface area contributed by atoms with Crippen LogP contribution in [0.5, 0.6) is 11.5 Å². The zero-order chi connectivity index (χ0) is 22.7. The van der Waals surface area contributed by atoms with Gasteiger partial charge in [-0.1, -0.05) is 54.6 Å². The smallest absolute Gasteiger partial charge is 0.302 e. The molecule has 4 rings (SSSR count). The summed E-state index contributed by atoms with van der Waals surface area (Å²) in [6.07, 6.45) is -1.43. The topological polar surface area (TPSA) is 74.2 Å². The number of carbonyl (C=O) groups excluding carboxylic acids is 1. The molecule has 0 amide bonds. The van der Waals surface area contributed by atoms with E-state index in [0.29, 0.717) is 29.7 Å². The first-order valence-electron chi connectivity index (χ1n) is 10.7. The van der Waals surface area contributed by atoms with Crippen molar-refractivity contribution < 1.29 is 28.8 Å². The average Bonchev–Trinajstić information content (AvgIpc) is 2.79. The van der Waals surface area contributed by atoms with Crippen molar-refractivity contribution in [3.63, 3.8) is 0 Å². The van der Waals surface area contributed by atoms with Gasteiger partial charge in [0, 0.05) is 29.7 Å². The first-order chi connectivity index (χ1) is 15.5. The molecule has 1 fully saturated rings. The Morgan fingerprint density at radius 3 is 2.47 bits per heavy atom. The fraction of sp³-hybridized carbons (Fsp3) is 0.346. The summed E-state index contributed by atoms with van der Waals surface area (Å²) in [6, 6.07) is 19.1. The molecule has 0 radical (unpaired) electrons. The van der Waals surface area contributed by atoms with Crippen LogP contribution in [0, 0.1) is 0 Å². The molecule has 1 N–H and O–H groups in total. The van der Waals surface area contributed by atoms with Crippen molar-refractivity contribution in [1.82, 2.24) is 0 Å². The first kappa shape index (κ1) is 22.1. The molecular weight excluding hydrogens is 408 g/mol. The molecule has 168 valence electrons. The molecule has 3 aromatic rings. The minimum atomic E-state index is -0.512. The highest BCUT2D eigenvalue weighted by Crippen LogP contribution is 2.44. The van der Waals surface area contributed by atoms with Crippen LogP contribution < -0.4 is 4.74 Å². The standard InChI is InChI=1S/C26H28O6/c1-16-26(30-15-18-9-5-4-6-10-18)24(32-17(2)27)14-23(31-16)21-13-22(29-3)19-11-7-8-12-20(19)25(21)28/h4-13,16,23-24,26,28H,14-15H2,1-3H3/t16?,23-,24-,26-/m1/s1. The summed E-state index contributed by atoms with van der Waals surface area (Å²) in [5.41, 5.74) is 1.63. The van der Waals surface area contributed by atoms with E-state index in [2.05, 4.69) is 0 Å². The summed E-state index contributed by atoms with van der Waals surface area (Å²) in [4.78, 5) is 11.8. The zero-order valence-corrected chi connectivity index (χ0v) is 18.5. The minimum Gasteiger partial charge on any atom is -0.507 e. The molecule has 3 aromatic carbocycles. The number of esters is 1. The number of methoxy groups -OCH3 is 1. The number of hydrogen-bond donors (Lipinski definition) is 1. The molecule has 6 heteroatoms. The van der Waals surface area contributed by atoms with Crippen LogP contribution in [-0.2, 0) is 25.6 Å². The Morgan fingerprint density at radius 1 is 1.09 bits per heavy atom. The fourth-order valence-electron chi connectivity index (χ4n) is 4.34. The number of aromatic hydroxyl groups is 1. The van der Waals surface area contributed by atoms with Crippen molar-refractivity contribution >= 4 is 16.7 Å². The van der Waals surface area contributed by atoms with Gasteiger partial charge in [0.25, 0.3) is 0 Å². The van der Waals surface area contributed by atoms with Gasteiger partial charge in [0.15, 0.2) is 0 Å². The normalized spacial score (nSPS) is 23.1. The van der Waals surface area contributed by atoms with Gasteiger partial charge in [0.05, 0.1) is 25.9 Å². The number of phenols is 1. The van der Waals surface area contributed by atoms with Crippen molar-refractivity contribution in [2.24, 2.45) is 0 Å². The highest BCUT2D eigenvalue weighted by Gasteiger charge is 2.41. The maximum absolute atomic E-state index is 11.8. The lowest BCUT2D eigenvalue weighted by atomic mass is 9.91. The van der Waals surface area contributed by atoms with Gasteiger partial charge < -0.3 is 24.1 Å². The van der Waals surface area contributed by atoms with Crippen molar-refractivity contribution in [2.75, 3.05) is 7.11 Å². The van der Waals surface area contributed by atoms with Crippen molar-refractivity contribution in [2.45, 2.75) is 51.3 Å². The Kier molecular flexibility index (Phi) is 6.63. The first-order valence-corrected chi connectivity index (χ1v) is 10.7. The van der Waals surface area contributed by atoms with Gasteiger partial charge in [-0.3, -0.25) is 4.79 Å². The second-order valence-electron chi connectivity index (χ2n) is 8.04. The van der Waals surface area contributed by atoms with Crippen LogP contribution in [0.15, 0.2) is 60.7 Å². The highest BCUT2D eigenvalue weighted by molar-refractivity contribution is 5.94. The van der Waals surface area contributed by atoms with Gasteiger partial charge in [0.2, 0.25) is 0 Å². The van der Waals surface area contributed by atoms with Gasteiger partial charge in [-0.15, -0.1) is 0 Å². The lowest BCUT2D eigenvalue weighted by Crippen LogP contribution is -2.47. The van der Waals surface area contributed by atoms with Gasteiger partial charge >= 0.3 is 5.97 Å². The molecule has 0 spiro atoms. The van der Waals surface area contributed by atoms with Crippen LogP contribution in [0.1, 0.15) is 37.5 Å². The van der Waals surface area contributed by atoms with Crippen LogP contribution in [-0.4, -0.2) is 36.5 Å². The number of ether oxygens (including phenoxy) is 4. The summed E-state index contributed by atoms with van der Waals surface area (Å²) in [5.74, 6) is 0.413. The van der Waals surface area contributed by atoms with Crippen molar-refractivity contribution in [3.05, 3.63) is 71.8 Å². The minimum absolute atomic E-state index is 0.142. The van der Waals surface area contributed by atoms with E-state index in [9.17, 15) is 9.90 Å².